The molecule has 1 amide bonds. The van der Waals surface area contributed by atoms with Crippen molar-refractivity contribution in [1.82, 2.24) is 5.32 Å². The Kier molecular flexibility index (Phi) is 3.53. The zero-order valence-corrected chi connectivity index (χ0v) is 7.68. The Morgan fingerprint density at radius 3 is 2.92 bits per heavy atom. The van der Waals surface area contributed by atoms with Crippen LogP contribution in [0.15, 0.2) is 0 Å². The lowest BCUT2D eigenvalue weighted by Crippen LogP contribution is -2.39. The summed E-state index contributed by atoms with van der Waals surface area (Å²) in [6, 6.07) is 0.515. The van der Waals surface area contributed by atoms with Crippen molar-refractivity contribution >= 4 is 5.91 Å². The molecule has 0 aromatic heterocycles. The van der Waals surface area contributed by atoms with Gasteiger partial charge in [0.2, 0.25) is 5.91 Å². The van der Waals surface area contributed by atoms with Crippen LogP contribution in [0.2, 0.25) is 0 Å². The molecule has 1 aliphatic rings. The Balaban J connectivity index is 2.18. The number of amides is 1. The molecule has 0 aromatic rings. The fraction of sp³-hybridized carbons (Fsp3) is 0.889. The molecule has 3 nitrogen and oxygen atoms in total. The minimum Gasteiger partial charge on any atom is -0.369 e. The van der Waals surface area contributed by atoms with Gasteiger partial charge in [0, 0.05) is 6.04 Å². The van der Waals surface area contributed by atoms with Gasteiger partial charge < -0.3 is 11.1 Å². The van der Waals surface area contributed by atoms with Crippen LogP contribution in [0.1, 0.15) is 32.6 Å². The molecule has 1 saturated carbocycles. The summed E-state index contributed by atoms with van der Waals surface area (Å²) in [4.78, 5) is 10.5. The van der Waals surface area contributed by atoms with E-state index in [4.69, 9.17) is 5.73 Å². The van der Waals surface area contributed by atoms with Gasteiger partial charge in [-0.2, -0.15) is 0 Å². The number of primary amides is 1. The van der Waals surface area contributed by atoms with E-state index in [2.05, 4.69) is 12.2 Å². The summed E-state index contributed by atoms with van der Waals surface area (Å²) in [5, 5.41) is 3.18. The van der Waals surface area contributed by atoms with Crippen molar-refractivity contribution in [3.8, 4) is 0 Å². The Bertz CT molecular complexity index is 159. The smallest absolute Gasteiger partial charge is 0.231 e. The number of carbonyl (C=O) groups excluding carboxylic acids is 1. The molecule has 70 valence electrons. The van der Waals surface area contributed by atoms with Crippen LogP contribution in [0.25, 0.3) is 0 Å². The molecule has 0 radical (unpaired) electrons. The predicted molar refractivity (Wildman–Crippen MR) is 48.6 cm³/mol. The van der Waals surface area contributed by atoms with Crippen LogP contribution in [0.5, 0.6) is 0 Å². The van der Waals surface area contributed by atoms with E-state index in [1.54, 1.807) is 0 Å². The van der Waals surface area contributed by atoms with Gasteiger partial charge in [-0.3, -0.25) is 4.79 Å². The van der Waals surface area contributed by atoms with Gasteiger partial charge in [0.1, 0.15) is 0 Å². The van der Waals surface area contributed by atoms with E-state index in [0.717, 1.165) is 5.92 Å². The Labute approximate surface area is 73.7 Å². The molecule has 0 aliphatic heterocycles. The fourth-order valence-corrected chi connectivity index (χ4v) is 1.86. The third-order valence-corrected chi connectivity index (χ3v) is 2.50. The highest BCUT2D eigenvalue weighted by molar-refractivity contribution is 5.75. The first-order valence-electron chi connectivity index (χ1n) is 4.70. The third-order valence-electron chi connectivity index (χ3n) is 2.50. The number of hydrogen-bond donors (Lipinski definition) is 2. The molecule has 3 N–H and O–H groups in total. The standard InChI is InChI=1S/C9H18N2O/c1-7-3-2-4-8(5-7)11-6-9(10)12/h7-8,11H,2-6H2,1H3,(H2,10,12). The second-order valence-electron chi connectivity index (χ2n) is 3.82. The van der Waals surface area contributed by atoms with Crippen molar-refractivity contribution in [3.63, 3.8) is 0 Å². The predicted octanol–water partition coefficient (Wildman–Crippen LogP) is 0.640. The van der Waals surface area contributed by atoms with Crippen molar-refractivity contribution in [1.29, 1.82) is 0 Å². The van der Waals surface area contributed by atoms with Crippen LogP contribution < -0.4 is 11.1 Å². The van der Waals surface area contributed by atoms with E-state index >= 15 is 0 Å². The van der Waals surface area contributed by atoms with Gasteiger partial charge in [0.05, 0.1) is 6.54 Å². The van der Waals surface area contributed by atoms with Gasteiger partial charge in [-0.05, 0) is 18.8 Å². The van der Waals surface area contributed by atoms with E-state index in [1.807, 2.05) is 0 Å². The summed E-state index contributed by atoms with van der Waals surface area (Å²) < 4.78 is 0. The quantitative estimate of drug-likeness (QED) is 0.653. The van der Waals surface area contributed by atoms with Gasteiger partial charge >= 0.3 is 0 Å². The molecule has 0 bridgehead atoms. The van der Waals surface area contributed by atoms with Gasteiger partial charge in [0.25, 0.3) is 0 Å². The van der Waals surface area contributed by atoms with Crippen molar-refractivity contribution in [2.45, 2.75) is 38.6 Å². The van der Waals surface area contributed by atoms with Gasteiger partial charge in [-0.1, -0.05) is 19.8 Å². The zero-order valence-electron chi connectivity index (χ0n) is 7.68. The molecule has 12 heavy (non-hydrogen) atoms. The first kappa shape index (κ1) is 9.52. The van der Waals surface area contributed by atoms with Gasteiger partial charge in [0.15, 0.2) is 0 Å². The average Bonchev–Trinajstić information content (AvgIpc) is 2.01. The Hall–Kier alpha value is -0.570. The molecule has 1 fully saturated rings. The lowest BCUT2D eigenvalue weighted by Gasteiger charge is -2.27. The normalized spacial score (nSPS) is 30.1. The maximum absolute atomic E-state index is 10.5. The Morgan fingerprint density at radius 2 is 2.33 bits per heavy atom. The molecule has 2 unspecified atom stereocenters. The maximum Gasteiger partial charge on any atom is 0.231 e. The van der Waals surface area contributed by atoms with Gasteiger partial charge in [-0.25, -0.2) is 0 Å². The van der Waals surface area contributed by atoms with E-state index in [9.17, 15) is 4.79 Å². The molecule has 0 heterocycles. The largest absolute Gasteiger partial charge is 0.369 e. The molecule has 1 rings (SSSR count). The van der Waals surface area contributed by atoms with E-state index < -0.39 is 0 Å². The maximum atomic E-state index is 10.5. The van der Waals surface area contributed by atoms with E-state index in [-0.39, 0.29) is 5.91 Å². The molecule has 0 spiro atoms. The monoisotopic (exact) mass is 170 g/mol. The highest BCUT2D eigenvalue weighted by atomic mass is 16.1. The molecule has 2 atom stereocenters. The number of nitrogens with two attached hydrogens (primary N) is 1. The second kappa shape index (κ2) is 4.45. The summed E-state index contributed by atoms with van der Waals surface area (Å²) >= 11 is 0. The van der Waals surface area contributed by atoms with Crippen molar-refractivity contribution in [3.05, 3.63) is 0 Å². The van der Waals surface area contributed by atoms with Crippen LogP contribution >= 0.6 is 0 Å². The zero-order chi connectivity index (χ0) is 8.97. The highest BCUT2D eigenvalue weighted by Gasteiger charge is 2.18. The van der Waals surface area contributed by atoms with Crippen LogP contribution in [-0.2, 0) is 4.79 Å². The van der Waals surface area contributed by atoms with Crippen molar-refractivity contribution < 1.29 is 4.79 Å². The van der Waals surface area contributed by atoms with E-state index in [1.165, 1.54) is 25.7 Å². The summed E-state index contributed by atoms with van der Waals surface area (Å²) in [6.45, 7) is 2.59. The molecular formula is C9H18N2O. The lowest BCUT2D eigenvalue weighted by molar-refractivity contribution is -0.117. The minimum absolute atomic E-state index is 0.256. The van der Waals surface area contributed by atoms with Crippen LogP contribution in [0, 0.1) is 5.92 Å². The Morgan fingerprint density at radius 1 is 1.58 bits per heavy atom. The van der Waals surface area contributed by atoms with Crippen LogP contribution in [0.3, 0.4) is 0 Å². The number of hydrogen-bond acceptors (Lipinski definition) is 2. The first-order chi connectivity index (χ1) is 5.68. The number of carbonyl (C=O) groups is 1. The van der Waals surface area contributed by atoms with E-state index in [0.29, 0.717) is 12.6 Å². The van der Waals surface area contributed by atoms with Crippen LogP contribution in [-0.4, -0.2) is 18.5 Å². The van der Waals surface area contributed by atoms with Gasteiger partial charge in [-0.15, -0.1) is 0 Å². The lowest BCUT2D eigenvalue weighted by atomic mass is 9.87. The highest BCUT2D eigenvalue weighted by Crippen LogP contribution is 2.23. The summed E-state index contributed by atoms with van der Waals surface area (Å²) in [7, 11) is 0. The summed E-state index contributed by atoms with van der Waals surface area (Å²) in [6.07, 6.45) is 4.98. The topological polar surface area (TPSA) is 55.1 Å². The van der Waals surface area contributed by atoms with Crippen LogP contribution in [0.4, 0.5) is 0 Å². The third kappa shape index (κ3) is 3.22. The van der Waals surface area contributed by atoms with Crippen molar-refractivity contribution in [2.24, 2.45) is 11.7 Å². The molecule has 1 aliphatic carbocycles. The molecule has 3 heteroatoms. The average molecular weight is 170 g/mol. The first-order valence-corrected chi connectivity index (χ1v) is 4.70. The number of nitrogens with one attached hydrogen (secondary N) is 1. The summed E-state index contributed by atoms with van der Waals surface area (Å²) in [5.74, 6) is 0.539. The summed E-state index contributed by atoms with van der Waals surface area (Å²) in [5.41, 5.74) is 5.04. The molecule has 0 aromatic carbocycles. The fourth-order valence-electron chi connectivity index (χ4n) is 1.86. The number of rotatable bonds is 3. The SMILES string of the molecule is CC1CCCC(NCC(N)=O)C1. The molecule has 0 saturated heterocycles. The molecular weight excluding hydrogens is 152 g/mol. The second-order valence-corrected chi connectivity index (χ2v) is 3.82. The minimum atomic E-state index is -0.256. The van der Waals surface area contributed by atoms with Crippen molar-refractivity contribution in [2.75, 3.05) is 6.54 Å².